The Labute approximate surface area is 174 Å². The fourth-order valence-electron chi connectivity index (χ4n) is 4.48. The molecule has 1 saturated carbocycles. The van der Waals surface area contributed by atoms with Crippen LogP contribution < -0.4 is 10.9 Å². The maximum atomic E-state index is 14.5. The molecule has 148 valence electrons. The normalized spacial score (nSPS) is 19.3. The molecule has 1 amide bonds. The number of nitrogens with zero attached hydrogens (tertiary/aromatic N) is 2. The Morgan fingerprint density at radius 1 is 1.14 bits per heavy atom. The van der Waals surface area contributed by atoms with Gasteiger partial charge in [0, 0.05) is 22.0 Å². The number of hydrogen-bond acceptors (Lipinski definition) is 3. The van der Waals surface area contributed by atoms with E-state index < -0.39 is 11.6 Å². The van der Waals surface area contributed by atoms with Crippen molar-refractivity contribution in [3.05, 3.63) is 75.5 Å². The number of benzene rings is 2. The molecule has 0 unspecified atom stereocenters. The third-order valence-electron chi connectivity index (χ3n) is 5.72. The molecule has 0 spiro atoms. The molecular formula is C21H17BrF2N4O. The number of rotatable bonds is 4. The molecule has 3 aromatic rings. The molecule has 0 aliphatic heterocycles. The number of hydrazine groups is 1. The number of amides is 1. The Hall–Kier alpha value is -2.74. The van der Waals surface area contributed by atoms with Crippen LogP contribution in [0.15, 0.2) is 46.9 Å². The second-order valence-electron chi connectivity index (χ2n) is 7.42. The molecule has 1 aromatic heterocycles. The zero-order chi connectivity index (χ0) is 20.1. The van der Waals surface area contributed by atoms with Crippen molar-refractivity contribution in [1.29, 1.82) is 0 Å². The van der Waals surface area contributed by atoms with E-state index in [9.17, 15) is 13.6 Å². The van der Waals surface area contributed by atoms with Crippen molar-refractivity contribution < 1.29 is 13.6 Å². The monoisotopic (exact) mass is 458 g/mol. The molecular weight excluding hydrogens is 442 g/mol. The lowest BCUT2D eigenvalue weighted by Gasteiger charge is -2.14. The number of para-hydroxylation sites is 1. The van der Waals surface area contributed by atoms with Gasteiger partial charge in [0.1, 0.15) is 11.5 Å². The molecule has 5 nitrogen and oxygen atoms in total. The highest BCUT2D eigenvalue weighted by Gasteiger charge is 2.44. The van der Waals surface area contributed by atoms with E-state index in [1.54, 1.807) is 0 Å². The second kappa shape index (κ2) is 6.95. The molecule has 2 bridgehead atoms. The minimum Gasteiger partial charge on any atom is -0.297 e. The van der Waals surface area contributed by atoms with Gasteiger partial charge in [0.2, 0.25) is 0 Å². The van der Waals surface area contributed by atoms with Crippen LogP contribution in [0.1, 0.15) is 52.8 Å². The predicted octanol–water partition coefficient (Wildman–Crippen LogP) is 5.03. The quantitative estimate of drug-likeness (QED) is 0.538. The Morgan fingerprint density at radius 2 is 1.93 bits per heavy atom. The minimum absolute atomic E-state index is 0.160. The highest BCUT2D eigenvalue weighted by molar-refractivity contribution is 9.10. The van der Waals surface area contributed by atoms with Crippen molar-refractivity contribution >= 4 is 27.5 Å². The van der Waals surface area contributed by atoms with Crippen LogP contribution in [0.3, 0.4) is 0 Å². The van der Waals surface area contributed by atoms with Crippen LogP contribution in [-0.4, -0.2) is 15.7 Å². The summed E-state index contributed by atoms with van der Waals surface area (Å²) >= 11 is 3.42. The number of anilines is 1. The summed E-state index contributed by atoms with van der Waals surface area (Å²) in [6, 6.07) is 10.8. The van der Waals surface area contributed by atoms with Crippen molar-refractivity contribution in [2.75, 3.05) is 5.43 Å². The van der Waals surface area contributed by atoms with Crippen LogP contribution in [0.5, 0.6) is 0 Å². The molecule has 0 saturated heterocycles. The topological polar surface area (TPSA) is 59.0 Å². The van der Waals surface area contributed by atoms with Crippen molar-refractivity contribution in [2.45, 2.75) is 31.1 Å². The number of nitrogens with one attached hydrogen (secondary N) is 2. The van der Waals surface area contributed by atoms with Gasteiger partial charge in [-0.15, -0.1) is 0 Å². The van der Waals surface area contributed by atoms with Crippen LogP contribution in [0.4, 0.5) is 14.5 Å². The van der Waals surface area contributed by atoms with Gasteiger partial charge in [0.05, 0.1) is 11.4 Å². The number of carbonyl (C=O) groups excluding carboxylic acids is 1. The molecule has 2 aromatic carbocycles. The summed E-state index contributed by atoms with van der Waals surface area (Å²) in [6.07, 6.45) is 2.92. The van der Waals surface area contributed by atoms with Gasteiger partial charge in [-0.05, 0) is 65.4 Å². The molecule has 2 N–H and O–H groups in total. The SMILES string of the molecule is O=C(NNc1ccccc1Br)c1nn(-c2ccc(F)cc2F)c2c1[C@H]1CC[C@H]2C1. The van der Waals surface area contributed by atoms with E-state index in [1.807, 2.05) is 24.3 Å². The Balaban J connectivity index is 1.52. The van der Waals surface area contributed by atoms with Gasteiger partial charge in [0.25, 0.3) is 5.91 Å². The highest BCUT2D eigenvalue weighted by Crippen LogP contribution is 2.54. The number of halogens is 3. The largest absolute Gasteiger partial charge is 0.297 e. The van der Waals surface area contributed by atoms with Crippen LogP contribution in [0, 0.1) is 11.6 Å². The summed E-state index contributed by atoms with van der Waals surface area (Å²) in [5.41, 5.74) is 8.50. The number of fused-ring (bicyclic) bond motifs is 5. The molecule has 2 atom stereocenters. The van der Waals surface area contributed by atoms with Gasteiger partial charge in [0.15, 0.2) is 11.5 Å². The standard InChI is InChI=1S/C21H17BrF2N4O/c22-14-3-1-2-4-16(14)25-26-21(29)19-18-11-5-6-12(9-11)20(18)28(27-19)17-8-7-13(23)10-15(17)24/h1-4,7-8,10-12,25H,5-6,9H2,(H,26,29)/t11-,12-/m0/s1. The molecule has 8 heteroatoms. The van der Waals surface area contributed by atoms with E-state index >= 15 is 0 Å². The molecule has 2 aliphatic carbocycles. The Morgan fingerprint density at radius 3 is 2.72 bits per heavy atom. The third kappa shape index (κ3) is 3.02. The van der Waals surface area contributed by atoms with E-state index in [0.29, 0.717) is 5.69 Å². The van der Waals surface area contributed by atoms with Gasteiger partial charge in [-0.2, -0.15) is 5.10 Å². The van der Waals surface area contributed by atoms with Gasteiger partial charge in [-0.1, -0.05) is 12.1 Å². The summed E-state index contributed by atoms with van der Waals surface area (Å²) < 4.78 is 30.1. The van der Waals surface area contributed by atoms with Crippen molar-refractivity contribution in [3.8, 4) is 5.69 Å². The maximum absolute atomic E-state index is 14.5. The zero-order valence-corrected chi connectivity index (χ0v) is 16.8. The lowest BCUT2D eigenvalue weighted by atomic mass is 9.95. The van der Waals surface area contributed by atoms with Crippen LogP contribution in [0.25, 0.3) is 5.69 Å². The first-order valence-corrected chi connectivity index (χ1v) is 10.2. The first kappa shape index (κ1) is 18.3. The lowest BCUT2D eigenvalue weighted by Crippen LogP contribution is -2.30. The van der Waals surface area contributed by atoms with E-state index in [2.05, 4.69) is 31.9 Å². The molecule has 29 heavy (non-hydrogen) atoms. The summed E-state index contributed by atoms with van der Waals surface area (Å²) in [7, 11) is 0. The zero-order valence-electron chi connectivity index (χ0n) is 15.3. The Kier molecular flexibility index (Phi) is 4.38. The third-order valence-corrected chi connectivity index (χ3v) is 6.42. The summed E-state index contributed by atoms with van der Waals surface area (Å²) in [5.74, 6) is -1.24. The van der Waals surface area contributed by atoms with Crippen molar-refractivity contribution in [3.63, 3.8) is 0 Å². The van der Waals surface area contributed by atoms with Crippen molar-refractivity contribution in [2.24, 2.45) is 0 Å². The molecule has 0 radical (unpaired) electrons. The van der Waals surface area contributed by atoms with Gasteiger partial charge >= 0.3 is 0 Å². The van der Waals surface area contributed by atoms with E-state index in [1.165, 1.54) is 16.8 Å². The van der Waals surface area contributed by atoms with Crippen LogP contribution in [0.2, 0.25) is 0 Å². The van der Waals surface area contributed by atoms with Crippen molar-refractivity contribution in [1.82, 2.24) is 15.2 Å². The van der Waals surface area contributed by atoms with Gasteiger partial charge in [-0.25, -0.2) is 13.5 Å². The summed E-state index contributed by atoms with van der Waals surface area (Å²) in [5, 5.41) is 4.46. The molecule has 2 aliphatic rings. The number of carbonyl (C=O) groups is 1. The van der Waals surface area contributed by atoms with E-state index in [-0.39, 0.29) is 29.1 Å². The number of aromatic nitrogens is 2. The summed E-state index contributed by atoms with van der Waals surface area (Å²) in [4.78, 5) is 12.9. The van der Waals surface area contributed by atoms with E-state index in [0.717, 1.165) is 41.1 Å². The van der Waals surface area contributed by atoms with Gasteiger partial charge in [-0.3, -0.25) is 15.6 Å². The van der Waals surface area contributed by atoms with Crippen LogP contribution in [-0.2, 0) is 0 Å². The number of hydrogen-bond donors (Lipinski definition) is 2. The second-order valence-corrected chi connectivity index (χ2v) is 8.28. The average molecular weight is 459 g/mol. The van der Waals surface area contributed by atoms with E-state index in [4.69, 9.17) is 0 Å². The predicted molar refractivity (Wildman–Crippen MR) is 108 cm³/mol. The molecule has 1 heterocycles. The fraction of sp³-hybridized carbons (Fsp3) is 0.238. The average Bonchev–Trinajstić information content (AvgIpc) is 3.40. The molecule has 1 fully saturated rings. The van der Waals surface area contributed by atoms with Gasteiger partial charge < -0.3 is 0 Å². The highest BCUT2D eigenvalue weighted by atomic mass is 79.9. The minimum atomic E-state index is -0.698. The fourth-order valence-corrected chi connectivity index (χ4v) is 4.86. The maximum Gasteiger partial charge on any atom is 0.290 e. The lowest BCUT2D eigenvalue weighted by molar-refractivity contribution is 0.0956. The smallest absolute Gasteiger partial charge is 0.290 e. The first-order valence-electron chi connectivity index (χ1n) is 9.42. The Bertz CT molecular complexity index is 1130. The first-order chi connectivity index (χ1) is 14.0. The van der Waals surface area contributed by atoms with Crippen LogP contribution >= 0.6 is 15.9 Å². The summed E-state index contributed by atoms with van der Waals surface area (Å²) in [6.45, 7) is 0. The molecule has 5 rings (SSSR count).